The average Bonchev–Trinajstić information content (AvgIpc) is 2.49. The number of esters is 1. The fourth-order valence-electron chi connectivity index (χ4n) is 2.08. The van der Waals surface area contributed by atoms with E-state index in [1.165, 1.54) is 25.1 Å². The first kappa shape index (κ1) is 14.3. The molecule has 0 fully saturated rings. The Labute approximate surface area is 131 Å². The third kappa shape index (κ3) is 2.71. The van der Waals surface area contributed by atoms with Crippen LogP contribution in [0.2, 0.25) is 5.15 Å². The van der Waals surface area contributed by atoms with E-state index in [1.807, 2.05) is 18.2 Å². The molecule has 22 heavy (non-hydrogen) atoms. The van der Waals surface area contributed by atoms with E-state index in [0.717, 1.165) is 5.39 Å². The molecule has 0 saturated carbocycles. The van der Waals surface area contributed by atoms with E-state index in [9.17, 15) is 9.90 Å². The van der Waals surface area contributed by atoms with Crippen molar-refractivity contribution in [2.24, 2.45) is 0 Å². The van der Waals surface area contributed by atoms with Crippen molar-refractivity contribution in [3.63, 3.8) is 0 Å². The van der Waals surface area contributed by atoms with Crippen molar-refractivity contribution in [2.75, 3.05) is 0 Å². The van der Waals surface area contributed by atoms with Crippen molar-refractivity contribution in [1.82, 2.24) is 9.97 Å². The first-order valence-corrected chi connectivity index (χ1v) is 6.86. The van der Waals surface area contributed by atoms with E-state index in [4.69, 9.17) is 16.3 Å². The molecule has 0 saturated heterocycles. The van der Waals surface area contributed by atoms with Crippen LogP contribution in [0, 0.1) is 0 Å². The van der Waals surface area contributed by atoms with Gasteiger partial charge in [-0.25, -0.2) is 9.97 Å². The summed E-state index contributed by atoms with van der Waals surface area (Å²) in [5.74, 6) is 0.0831. The molecule has 0 unspecified atom stereocenters. The maximum Gasteiger partial charge on any atom is 0.308 e. The van der Waals surface area contributed by atoms with Crippen molar-refractivity contribution in [3.05, 3.63) is 47.6 Å². The van der Waals surface area contributed by atoms with Crippen molar-refractivity contribution in [3.8, 4) is 22.9 Å². The number of carbonyl (C=O) groups excluding carboxylic acids is 1. The summed E-state index contributed by atoms with van der Waals surface area (Å²) in [6, 6.07) is 11.7. The fourth-order valence-corrected chi connectivity index (χ4v) is 2.32. The van der Waals surface area contributed by atoms with E-state index >= 15 is 0 Å². The van der Waals surface area contributed by atoms with E-state index in [2.05, 4.69) is 9.97 Å². The van der Waals surface area contributed by atoms with Gasteiger partial charge in [-0.3, -0.25) is 4.79 Å². The minimum absolute atomic E-state index is 0.0257. The van der Waals surface area contributed by atoms with Gasteiger partial charge in [0.15, 0.2) is 5.82 Å². The summed E-state index contributed by atoms with van der Waals surface area (Å²) in [5, 5.41) is 11.0. The second-order valence-corrected chi connectivity index (χ2v) is 4.99. The van der Waals surface area contributed by atoms with Gasteiger partial charge in [0.25, 0.3) is 0 Å². The highest BCUT2D eigenvalue weighted by Crippen LogP contribution is 2.32. The number of hydrogen-bond donors (Lipinski definition) is 1. The molecular weight excluding hydrogens is 304 g/mol. The highest BCUT2D eigenvalue weighted by Gasteiger charge is 2.13. The van der Waals surface area contributed by atoms with Crippen LogP contribution in [0.25, 0.3) is 22.3 Å². The Hall–Kier alpha value is -2.66. The second-order valence-electron chi connectivity index (χ2n) is 4.63. The smallest absolute Gasteiger partial charge is 0.308 e. The molecule has 0 aliphatic carbocycles. The number of phenols is 1. The van der Waals surface area contributed by atoms with Crippen LogP contribution in [0.1, 0.15) is 6.92 Å². The predicted molar refractivity (Wildman–Crippen MR) is 83.0 cm³/mol. The van der Waals surface area contributed by atoms with Crippen LogP contribution >= 0.6 is 11.6 Å². The quantitative estimate of drug-likeness (QED) is 0.444. The Morgan fingerprint density at radius 1 is 1.18 bits per heavy atom. The molecule has 6 heteroatoms. The molecule has 0 radical (unpaired) electrons. The molecule has 110 valence electrons. The lowest BCUT2D eigenvalue weighted by Crippen LogP contribution is -2.01. The number of para-hydroxylation sites is 1. The molecule has 5 nitrogen and oxygen atoms in total. The van der Waals surface area contributed by atoms with Crippen LogP contribution in [0.5, 0.6) is 11.5 Å². The topological polar surface area (TPSA) is 72.3 Å². The second kappa shape index (κ2) is 5.61. The number of phenolic OH excluding ortho intramolecular Hbond substituents is 1. The van der Waals surface area contributed by atoms with Gasteiger partial charge in [0, 0.05) is 12.3 Å². The molecule has 1 aromatic heterocycles. The van der Waals surface area contributed by atoms with E-state index in [-0.39, 0.29) is 16.7 Å². The molecule has 0 atom stereocenters. The lowest BCUT2D eigenvalue weighted by Gasteiger charge is -2.08. The Kier molecular flexibility index (Phi) is 3.65. The standard InChI is InChI=1S/C16H11ClN2O3/c1-9(20)22-10-6-7-14(21)12(8-10)16-18-13-5-3-2-4-11(13)15(17)19-16/h2-8,21H,1H3. The average molecular weight is 315 g/mol. The van der Waals surface area contributed by atoms with Crippen LogP contribution in [0.3, 0.4) is 0 Å². The molecule has 0 spiro atoms. The summed E-state index contributed by atoms with van der Waals surface area (Å²) in [6.07, 6.45) is 0. The number of aromatic hydroxyl groups is 1. The molecule has 0 aliphatic heterocycles. The Morgan fingerprint density at radius 3 is 2.73 bits per heavy atom. The molecule has 3 aromatic rings. The minimum Gasteiger partial charge on any atom is -0.507 e. The number of ether oxygens (including phenoxy) is 1. The molecule has 3 rings (SSSR count). The van der Waals surface area contributed by atoms with Gasteiger partial charge in [0.1, 0.15) is 16.7 Å². The van der Waals surface area contributed by atoms with Gasteiger partial charge in [-0.1, -0.05) is 23.7 Å². The number of halogens is 1. The van der Waals surface area contributed by atoms with Gasteiger partial charge < -0.3 is 9.84 Å². The van der Waals surface area contributed by atoms with Gasteiger partial charge in [0.2, 0.25) is 0 Å². The highest BCUT2D eigenvalue weighted by atomic mass is 35.5. The molecular formula is C16H11ClN2O3. The van der Waals surface area contributed by atoms with Crippen LogP contribution < -0.4 is 4.74 Å². The van der Waals surface area contributed by atoms with E-state index < -0.39 is 5.97 Å². The number of nitrogens with zero attached hydrogens (tertiary/aromatic N) is 2. The normalized spacial score (nSPS) is 10.6. The summed E-state index contributed by atoms with van der Waals surface area (Å²) >= 11 is 6.17. The van der Waals surface area contributed by atoms with Crippen LogP contribution in [0.15, 0.2) is 42.5 Å². The Morgan fingerprint density at radius 2 is 1.95 bits per heavy atom. The number of hydrogen-bond acceptors (Lipinski definition) is 5. The Bertz CT molecular complexity index is 880. The summed E-state index contributed by atoms with van der Waals surface area (Å²) in [6.45, 7) is 1.30. The van der Waals surface area contributed by atoms with Gasteiger partial charge in [-0.15, -0.1) is 0 Å². The number of fused-ring (bicyclic) bond motifs is 1. The number of aromatic nitrogens is 2. The highest BCUT2D eigenvalue weighted by molar-refractivity contribution is 6.34. The number of rotatable bonds is 2. The summed E-state index contributed by atoms with van der Waals surface area (Å²) in [4.78, 5) is 19.6. The van der Waals surface area contributed by atoms with Crippen LogP contribution in [-0.4, -0.2) is 21.0 Å². The van der Waals surface area contributed by atoms with Gasteiger partial charge in [-0.05, 0) is 30.3 Å². The molecule has 0 bridgehead atoms. The number of benzene rings is 2. The lowest BCUT2D eigenvalue weighted by atomic mass is 10.1. The zero-order valence-corrected chi connectivity index (χ0v) is 12.3. The molecule has 1 heterocycles. The van der Waals surface area contributed by atoms with E-state index in [0.29, 0.717) is 16.8 Å². The van der Waals surface area contributed by atoms with Crippen molar-refractivity contribution in [2.45, 2.75) is 6.92 Å². The molecule has 0 amide bonds. The van der Waals surface area contributed by atoms with Crippen molar-refractivity contribution < 1.29 is 14.6 Å². The monoisotopic (exact) mass is 314 g/mol. The zero-order valence-electron chi connectivity index (χ0n) is 11.6. The first-order chi connectivity index (χ1) is 10.5. The summed E-state index contributed by atoms with van der Waals surface area (Å²) in [5.41, 5.74) is 1.00. The summed E-state index contributed by atoms with van der Waals surface area (Å²) in [7, 11) is 0. The third-order valence-electron chi connectivity index (χ3n) is 3.03. The SMILES string of the molecule is CC(=O)Oc1ccc(O)c(-c2nc(Cl)c3ccccc3n2)c1. The largest absolute Gasteiger partial charge is 0.507 e. The van der Waals surface area contributed by atoms with Gasteiger partial charge in [0.05, 0.1) is 11.1 Å². The Balaban J connectivity index is 2.16. The lowest BCUT2D eigenvalue weighted by molar-refractivity contribution is -0.131. The maximum atomic E-state index is 11.0. The molecule has 2 aromatic carbocycles. The van der Waals surface area contributed by atoms with Gasteiger partial charge >= 0.3 is 5.97 Å². The van der Waals surface area contributed by atoms with Crippen LogP contribution in [-0.2, 0) is 4.79 Å². The third-order valence-corrected chi connectivity index (χ3v) is 3.32. The first-order valence-electron chi connectivity index (χ1n) is 6.48. The zero-order chi connectivity index (χ0) is 15.7. The number of carbonyl (C=O) groups is 1. The van der Waals surface area contributed by atoms with E-state index in [1.54, 1.807) is 6.07 Å². The summed E-state index contributed by atoms with van der Waals surface area (Å²) < 4.78 is 5.01. The fraction of sp³-hybridized carbons (Fsp3) is 0.0625. The maximum absolute atomic E-state index is 11.0. The molecule has 0 aliphatic rings. The van der Waals surface area contributed by atoms with Crippen LogP contribution in [0.4, 0.5) is 0 Å². The van der Waals surface area contributed by atoms with Gasteiger partial charge in [-0.2, -0.15) is 0 Å². The predicted octanol–water partition coefficient (Wildman–Crippen LogP) is 3.58. The molecule has 1 N–H and O–H groups in total. The van der Waals surface area contributed by atoms with Crippen molar-refractivity contribution in [1.29, 1.82) is 0 Å². The van der Waals surface area contributed by atoms with Crippen molar-refractivity contribution >= 4 is 28.5 Å². The minimum atomic E-state index is -0.450.